The molecule has 1 heterocycles. The highest BCUT2D eigenvalue weighted by molar-refractivity contribution is 7.91. The number of rotatable bonds is 5. The maximum atomic E-state index is 12.8. The molecule has 9 heteroatoms. The van der Waals surface area contributed by atoms with Gasteiger partial charge in [0.2, 0.25) is 10.0 Å². The number of benzene rings is 2. The first-order valence-electron chi connectivity index (χ1n) is 9.07. The van der Waals surface area contributed by atoms with E-state index in [0.717, 1.165) is 16.9 Å². The van der Waals surface area contributed by atoms with Crippen molar-refractivity contribution in [2.45, 2.75) is 29.0 Å². The van der Waals surface area contributed by atoms with Crippen LogP contribution in [0.4, 0.5) is 10.5 Å². The number of carbonyl (C=O) groups is 1. The number of nitrogens with one attached hydrogen (secondary N) is 1. The highest BCUT2D eigenvalue weighted by Crippen LogP contribution is 2.48. The number of hydrogen-bond donors (Lipinski definition) is 4. The Bertz CT molecular complexity index is 1120. The number of anilines is 1. The van der Waals surface area contributed by atoms with Gasteiger partial charge >= 0.3 is 6.16 Å². The van der Waals surface area contributed by atoms with Crippen molar-refractivity contribution < 1.29 is 23.4 Å². The fraction of sp³-hybridized carbons (Fsp3) is 0.190. The van der Waals surface area contributed by atoms with Crippen LogP contribution in [-0.2, 0) is 15.4 Å². The summed E-state index contributed by atoms with van der Waals surface area (Å²) in [6.45, 7) is 2.10. The molecule has 1 aromatic heterocycles. The summed E-state index contributed by atoms with van der Waals surface area (Å²) >= 11 is 1.27. The van der Waals surface area contributed by atoms with E-state index < -0.39 is 16.2 Å². The molecular weight excluding hydrogens is 424 g/mol. The second kappa shape index (κ2) is 8.47. The van der Waals surface area contributed by atoms with Crippen LogP contribution < -0.4 is 10.5 Å². The van der Waals surface area contributed by atoms with Crippen LogP contribution in [0.15, 0.2) is 70.9 Å². The lowest BCUT2D eigenvalue weighted by atomic mass is 9.98. The summed E-state index contributed by atoms with van der Waals surface area (Å²) in [6.07, 6.45) is -1.02. The first-order chi connectivity index (χ1) is 14.1. The van der Waals surface area contributed by atoms with Gasteiger partial charge in [0.15, 0.2) is 0 Å². The summed E-state index contributed by atoms with van der Waals surface area (Å²) in [6, 6.07) is 20.9. The SMILES string of the molecule is C[C@]1(c2ccccc2)C[C@@H]1NS(=O)(=O)c1ccc(-c2ccc(N)cc2)s1.O=C(O)O. The molecule has 1 saturated carbocycles. The molecule has 7 nitrogen and oxygen atoms in total. The van der Waals surface area contributed by atoms with E-state index in [1.807, 2.05) is 48.5 Å². The third-order valence-corrected chi connectivity index (χ3v) is 8.11. The van der Waals surface area contributed by atoms with E-state index in [2.05, 4.69) is 23.8 Å². The zero-order valence-corrected chi connectivity index (χ0v) is 17.8. The topological polar surface area (TPSA) is 130 Å². The van der Waals surface area contributed by atoms with Gasteiger partial charge in [0, 0.05) is 22.0 Å². The minimum Gasteiger partial charge on any atom is -0.450 e. The largest absolute Gasteiger partial charge is 0.503 e. The van der Waals surface area contributed by atoms with E-state index in [0.29, 0.717) is 9.90 Å². The van der Waals surface area contributed by atoms with Crippen molar-refractivity contribution in [2.75, 3.05) is 5.73 Å². The van der Waals surface area contributed by atoms with Crippen molar-refractivity contribution in [2.24, 2.45) is 0 Å². The molecule has 2 aromatic carbocycles. The molecule has 1 fully saturated rings. The summed E-state index contributed by atoms with van der Waals surface area (Å²) < 4.78 is 28.8. The predicted molar refractivity (Wildman–Crippen MR) is 117 cm³/mol. The Labute approximate surface area is 178 Å². The Kier molecular flexibility index (Phi) is 6.16. The fourth-order valence-corrected chi connectivity index (χ4v) is 5.86. The molecule has 1 aliphatic carbocycles. The molecule has 0 amide bonds. The Morgan fingerprint density at radius 2 is 1.67 bits per heavy atom. The average molecular weight is 447 g/mol. The third-order valence-electron chi connectivity index (χ3n) is 5.01. The minimum absolute atomic E-state index is 0.0722. The molecule has 0 radical (unpaired) electrons. The zero-order chi connectivity index (χ0) is 21.9. The monoisotopic (exact) mass is 446 g/mol. The second-order valence-electron chi connectivity index (χ2n) is 7.18. The average Bonchev–Trinajstić information content (AvgIpc) is 3.11. The normalized spacial score (nSPS) is 20.1. The highest BCUT2D eigenvalue weighted by atomic mass is 32.2. The van der Waals surface area contributed by atoms with Gasteiger partial charge in [-0.25, -0.2) is 17.9 Å². The molecular formula is C21H22N2O5S2. The van der Waals surface area contributed by atoms with Crippen molar-refractivity contribution in [3.63, 3.8) is 0 Å². The van der Waals surface area contributed by atoms with Gasteiger partial charge in [-0.3, -0.25) is 0 Å². The molecule has 0 spiro atoms. The standard InChI is InChI=1S/C20H20N2O2S2.CH2O3/c1-20(15-5-3-2-4-6-15)13-18(20)22-26(23,24)19-12-11-17(25-19)14-7-9-16(21)10-8-14;2-1(3)4/h2-12,18,22H,13,21H2,1H3;(H2,2,3,4)/t18-,20+;/m0./s1. The van der Waals surface area contributed by atoms with Crippen LogP contribution in [0.5, 0.6) is 0 Å². The molecule has 30 heavy (non-hydrogen) atoms. The first-order valence-corrected chi connectivity index (χ1v) is 11.4. The van der Waals surface area contributed by atoms with E-state index in [4.69, 9.17) is 20.7 Å². The van der Waals surface area contributed by atoms with Crippen LogP contribution in [0.25, 0.3) is 10.4 Å². The first kappa shape index (κ1) is 21.8. The van der Waals surface area contributed by atoms with Gasteiger partial charge in [0.05, 0.1) is 0 Å². The molecule has 1 aliphatic rings. The number of hydrogen-bond acceptors (Lipinski definition) is 5. The minimum atomic E-state index is -3.53. The van der Waals surface area contributed by atoms with Gasteiger partial charge < -0.3 is 15.9 Å². The van der Waals surface area contributed by atoms with Crippen LogP contribution in [0, 0.1) is 0 Å². The van der Waals surface area contributed by atoms with Crippen LogP contribution >= 0.6 is 11.3 Å². The van der Waals surface area contributed by atoms with Crippen molar-refractivity contribution in [3.05, 3.63) is 72.3 Å². The van der Waals surface area contributed by atoms with E-state index in [9.17, 15) is 8.42 Å². The van der Waals surface area contributed by atoms with Crippen LogP contribution in [0.1, 0.15) is 18.9 Å². The summed E-state index contributed by atoms with van der Waals surface area (Å²) in [7, 11) is -3.53. The molecule has 0 unspecified atom stereocenters. The summed E-state index contributed by atoms with van der Waals surface area (Å²) in [5, 5.41) is 13.9. The Morgan fingerprint density at radius 3 is 2.27 bits per heavy atom. The highest BCUT2D eigenvalue weighted by Gasteiger charge is 2.53. The van der Waals surface area contributed by atoms with E-state index >= 15 is 0 Å². The Morgan fingerprint density at radius 1 is 1.07 bits per heavy atom. The lowest BCUT2D eigenvalue weighted by molar-refractivity contribution is 0.137. The van der Waals surface area contributed by atoms with Crippen molar-refractivity contribution >= 4 is 33.2 Å². The smallest absolute Gasteiger partial charge is 0.450 e. The summed E-state index contributed by atoms with van der Waals surface area (Å²) in [4.78, 5) is 9.46. The molecule has 4 rings (SSSR count). The quantitative estimate of drug-likeness (QED) is 0.434. The van der Waals surface area contributed by atoms with Crippen molar-refractivity contribution in [3.8, 4) is 10.4 Å². The van der Waals surface area contributed by atoms with Crippen molar-refractivity contribution in [1.29, 1.82) is 0 Å². The zero-order valence-electron chi connectivity index (χ0n) is 16.1. The molecule has 2 atom stereocenters. The third kappa shape index (κ3) is 4.99. The maximum Gasteiger partial charge on any atom is 0.503 e. The van der Waals surface area contributed by atoms with E-state index in [1.54, 1.807) is 6.07 Å². The molecule has 0 saturated heterocycles. The van der Waals surface area contributed by atoms with Gasteiger partial charge in [0.1, 0.15) is 4.21 Å². The predicted octanol–water partition coefficient (Wildman–Crippen LogP) is 4.23. The molecule has 0 aliphatic heterocycles. The molecule has 3 aromatic rings. The lowest BCUT2D eigenvalue weighted by Crippen LogP contribution is -2.29. The number of nitrogen functional groups attached to an aromatic ring is 1. The van der Waals surface area contributed by atoms with Gasteiger partial charge in [0.25, 0.3) is 0 Å². The molecule has 0 bridgehead atoms. The van der Waals surface area contributed by atoms with Gasteiger partial charge in [-0.2, -0.15) is 0 Å². The number of nitrogens with two attached hydrogens (primary N) is 1. The second-order valence-corrected chi connectivity index (χ2v) is 10.2. The number of carboxylic acid groups (broad SMARTS) is 2. The summed E-state index contributed by atoms with van der Waals surface area (Å²) in [5.74, 6) is 0. The van der Waals surface area contributed by atoms with E-state index in [-0.39, 0.29) is 11.5 Å². The van der Waals surface area contributed by atoms with Gasteiger partial charge in [-0.15, -0.1) is 11.3 Å². The summed E-state index contributed by atoms with van der Waals surface area (Å²) in [5.41, 5.74) is 8.40. The van der Waals surface area contributed by atoms with Crippen LogP contribution in [0.3, 0.4) is 0 Å². The Balaban J connectivity index is 0.000000589. The number of thiophene rings is 1. The molecule has 158 valence electrons. The number of sulfonamides is 1. The van der Waals surface area contributed by atoms with E-state index in [1.165, 1.54) is 16.9 Å². The molecule has 5 N–H and O–H groups in total. The maximum absolute atomic E-state index is 12.8. The fourth-order valence-electron chi connectivity index (χ4n) is 3.19. The van der Waals surface area contributed by atoms with Gasteiger partial charge in [-0.05, 0) is 41.8 Å². The van der Waals surface area contributed by atoms with Crippen LogP contribution in [0.2, 0.25) is 0 Å². The van der Waals surface area contributed by atoms with Crippen LogP contribution in [-0.4, -0.2) is 30.8 Å². The van der Waals surface area contributed by atoms with Gasteiger partial charge in [-0.1, -0.05) is 49.4 Å². The lowest BCUT2D eigenvalue weighted by Gasteiger charge is -2.12. The van der Waals surface area contributed by atoms with Crippen molar-refractivity contribution in [1.82, 2.24) is 4.72 Å². The Hall–Kier alpha value is -2.88.